The Bertz CT molecular complexity index is 907. The number of hydrogen-bond donors (Lipinski definition) is 1. The van der Waals surface area contributed by atoms with Crippen molar-refractivity contribution in [3.8, 4) is 0 Å². The van der Waals surface area contributed by atoms with Crippen LogP contribution >= 0.6 is 11.6 Å². The molecule has 0 fully saturated rings. The summed E-state index contributed by atoms with van der Waals surface area (Å²) in [5.41, 5.74) is 1.13. The van der Waals surface area contributed by atoms with Crippen molar-refractivity contribution in [3.05, 3.63) is 64.6 Å². The molecule has 0 saturated carbocycles. The molecule has 3 rings (SSSR count). The lowest BCUT2D eigenvalue weighted by molar-refractivity contribution is -0.117. The van der Waals surface area contributed by atoms with E-state index >= 15 is 0 Å². The highest BCUT2D eigenvalue weighted by Crippen LogP contribution is 2.22. The number of halogens is 3. The van der Waals surface area contributed by atoms with Crippen LogP contribution in [0.4, 0.5) is 14.6 Å². The molecule has 0 spiro atoms. The molecule has 0 aliphatic heterocycles. The number of nitrogens with zero attached hydrogens (tertiary/aromatic N) is 4. The predicted molar refractivity (Wildman–Crippen MR) is 93.3 cm³/mol. The summed E-state index contributed by atoms with van der Waals surface area (Å²) < 4.78 is 28.5. The van der Waals surface area contributed by atoms with E-state index in [-0.39, 0.29) is 23.1 Å². The fourth-order valence-electron chi connectivity index (χ4n) is 2.51. The van der Waals surface area contributed by atoms with E-state index in [0.717, 1.165) is 10.2 Å². The van der Waals surface area contributed by atoms with E-state index in [1.165, 1.54) is 6.07 Å². The van der Waals surface area contributed by atoms with Crippen LogP contribution in [0.2, 0.25) is 5.02 Å². The van der Waals surface area contributed by atoms with Crippen LogP contribution in [0.3, 0.4) is 0 Å². The fraction of sp³-hybridized carbons (Fsp3) is 0.235. The van der Waals surface area contributed by atoms with Gasteiger partial charge in [0, 0.05) is 6.20 Å². The molecule has 0 atom stereocenters. The molecule has 0 unspecified atom stereocenters. The Morgan fingerprint density at radius 3 is 2.69 bits per heavy atom. The molecule has 9 heteroatoms. The Balaban J connectivity index is 1.68. The Kier molecular flexibility index (Phi) is 5.32. The second-order valence-electron chi connectivity index (χ2n) is 5.73. The van der Waals surface area contributed by atoms with Crippen molar-refractivity contribution in [1.82, 2.24) is 19.6 Å². The lowest BCUT2D eigenvalue weighted by Gasteiger charge is -2.07. The SMILES string of the molecule is Cc1cc(C(F)F)n(CC(=O)Nc2nn(Cc3ccccc3)cc2Cl)n1. The standard InChI is InChI=1S/C17H16ClF2N5O/c1-11-7-14(16(19)20)25(22-11)10-15(26)21-17-13(18)9-24(23-17)8-12-5-3-2-4-6-12/h2-7,9,16H,8,10H2,1H3,(H,21,23,26). The minimum atomic E-state index is -2.71. The lowest BCUT2D eigenvalue weighted by atomic mass is 10.2. The number of carbonyl (C=O) groups is 1. The quantitative estimate of drug-likeness (QED) is 0.710. The van der Waals surface area contributed by atoms with Gasteiger partial charge in [0.05, 0.1) is 12.2 Å². The van der Waals surface area contributed by atoms with Gasteiger partial charge < -0.3 is 5.32 Å². The van der Waals surface area contributed by atoms with E-state index in [4.69, 9.17) is 11.6 Å². The molecule has 0 bridgehead atoms. The molecule has 0 aliphatic rings. The van der Waals surface area contributed by atoms with Crippen molar-refractivity contribution in [3.63, 3.8) is 0 Å². The normalized spacial score (nSPS) is 11.1. The number of anilines is 1. The zero-order valence-electron chi connectivity index (χ0n) is 13.9. The van der Waals surface area contributed by atoms with Gasteiger partial charge in [-0.25, -0.2) is 8.78 Å². The highest BCUT2D eigenvalue weighted by atomic mass is 35.5. The van der Waals surface area contributed by atoms with E-state index in [1.807, 2.05) is 30.3 Å². The maximum Gasteiger partial charge on any atom is 0.280 e. The zero-order valence-corrected chi connectivity index (χ0v) is 14.6. The lowest BCUT2D eigenvalue weighted by Crippen LogP contribution is -2.21. The van der Waals surface area contributed by atoms with Crippen molar-refractivity contribution >= 4 is 23.3 Å². The van der Waals surface area contributed by atoms with Gasteiger partial charge in [0.1, 0.15) is 17.3 Å². The number of carbonyl (C=O) groups excluding carboxylic acids is 1. The Morgan fingerprint density at radius 1 is 1.27 bits per heavy atom. The molecule has 1 N–H and O–H groups in total. The van der Waals surface area contributed by atoms with E-state index in [1.54, 1.807) is 17.8 Å². The molecule has 0 aliphatic carbocycles. The van der Waals surface area contributed by atoms with Crippen LogP contribution in [0.25, 0.3) is 0 Å². The van der Waals surface area contributed by atoms with Gasteiger partial charge in [0.25, 0.3) is 6.43 Å². The first-order valence-electron chi connectivity index (χ1n) is 7.81. The van der Waals surface area contributed by atoms with Crippen LogP contribution < -0.4 is 5.32 Å². The first-order chi connectivity index (χ1) is 12.4. The second kappa shape index (κ2) is 7.65. The summed E-state index contributed by atoms with van der Waals surface area (Å²) >= 11 is 6.10. The Labute approximate surface area is 153 Å². The molecular weight excluding hydrogens is 364 g/mol. The number of benzene rings is 1. The predicted octanol–water partition coefficient (Wildman–Crippen LogP) is 3.67. The van der Waals surface area contributed by atoms with Gasteiger partial charge in [0.15, 0.2) is 5.82 Å². The summed E-state index contributed by atoms with van der Waals surface area (Å²) in [6.07, 6.45) is -1.12. The van der Waals surface area contributed by atoms with Gasteiger partial charge in [-0.15, -0.1) is 0 Å². The first-order valence-corrected chi connectivity index (χ1v) is 8.19. The highest BCUT2D eigenvalue weighted by molar-refractivity contribution is 6.33. The second-order valence-corrected chi connectivity index (χ2v) is 6.13. The van der Waals surface area contributed by atoms with Crippen molar-refractivity contribution in [2.24, 2.45) is 0 Å². The monoisotopic (exact) mass is 379 g/mol. The van der Waals surface area contributed by atoms with Crippen LogP contribution in [-0.4, -0.2) is 25.5 Å². The van der Waals surface area contributed by atoms with Crippen LogP contribution in [0, 0.1) is 6.92 Å². The summed E-state index contributed by atoms with van der Waals surface area (Å²) in [6.45, 7) is 1.72. The van der Waals surface area contributed by atoms with Crippen molar-refractivity contribution in [2.45, 2.75) is 26.4 Å². The fourth-order valence-corrected chi connectivity index (χ4v) is 2.71. The smallest absolute Gasteiger partial charge is 0.280 e. The van der Waals surface area contributed by atoms with Crippen LogP contribution in [0.15, 0.2) is 42.6 Å². The third-order valence-corrected chi connectivity index (χ3v) is 3.89. The molecule has 0 radical (unpaired) electrons. The number of aromatic nitrogens is 4. The van der Waals surface area contributed by atoms with Gasteiger partial charge in [0.2, 0.25) is 5.91 Å². The maximum atomic E-state index is 13.0. The third kappa shape index (κ3) is 4.26. The van der Waals surface area contributed by atoms with Gasteiger partial charge in [-0.2, -0.15) is 10.2 Å². The van der Waals surface area contributed by atoms with Gasteiger partial charge in [-0.05, 0) is 18.6 Å². The minimum Gasteiger partial charge on any atom is -0.306 e. The van der Waals surface area contributed by atoms with Crippen molar-refractivity contribution in [1.29, 1.82) is 0 Å². The summed E-state index contributed by atoms with van der Waals surface area (Å²) in [6, 6.07) is 10.9. The average Bonchev–Trinajstić information content (AvgIpc) is 3.11. The molecule has 1 amide bonds. The zero-order chi connectivity index (χ0) is 18.7. The molecule has 136 valence electrons. The van der Waals surface area contributed by atoms with Gasteiger partial charge in [-0.1, -0.05) is 41.9 Å². The third-order valence-electron chi connectivity index (χ3n) is 3.61. The van der Waals surface area contributed by atoms with Gasteiger partial charge in [-0.3, -0.25) is 14.2 Å². The van der Waals surface area contributed by atoms with E-state index in [9.17, 15) is 13.6 Å². The Hall–Kier alpha value is -2.74. The summed E-state index contributed by atoms with van der Waals surface area (Å²) in [5.74, 6) is -0.364. The number of nitrogens with one attached hydrogen (secondary N) is 1. The molecule has 0 saturated heterocycles. The molecule has 3 aromatic rings. The highest BCUT2D eigenvalue weighted by Gasteiger charge is 2.18. The van der Waals surface area contributed by atoms with Crippen LogP contribution in [0.5, 0.6) is 0 Å². The number of amides is 1. The molecule has 2 aromatic heterocycles. The number of hydrogen-bond acceptors (Lipinski definition) is 3. The first kappa shape index (κ1) is 18.1. The molecule has 1 aromatic carbocycles. The minimum absolute atomic E-state index is 0.176. The van der Waals surface area contributed by atoms with Gasteiger partial charge >= 0.3 is 0 Å². The average molecular weight is 380 g/mol. The molecule has 26 heavy (non-hydrogen) atoms. The largest absolute Gasteiger partial charge is 0.306 e. The van der Waals surface area contributed by atoms with Crippen molar-refractivity contribution < 1.29 is 13.6 Å². The molecular formula is C17H16ClF2N5O. The van der Waals surface area contributed by atoms with Crippen LogP contribution in [-0.2, 0) is 17.9 Å². The molecule has 6 nitrogen and oxygen atoms in total. The maximum absolute atomic E-state index is 13.0. The van der Waals surface area contributed by atoms with Crippen LogP contribution in [0.1, 0.15) is 23.4 Å². The summed E-state index contributed by atoms with van der Waals surface area (Å²) in [5, 5.41) is 10.9. The number of rotatable bonds is 6. The Morgan fingerprint density at radius 2 is 2.00 bits per heavy atom. The van der Waals surface area contributed by atoms with E-state index in [0.29, 0.717) is 12.2 Å². The van der Waals surface area contributed by atoms with E-state index in [2.05, 4.69) is 15.5 Å². The van der Waals surface area contributed by atoms with E-state index < -0.39 is 12.3 Å². The summed E-state index contributed by atoms with van der Waals surface area (Å²) in [4.78, 5) is 12.2. The summed E-state index contributed by atoms with van der Waals surface area (Å²) in [7, 11) is 0. The number of aryl methyl sites for hydroxylation is 1. The molecule has 2 heterocycles. The van der Waals surface area contributed by atoms with Crippen molar-refractivity contribution in [2.75, 3.05) is 5.32 Å². The topological polar surface area (TPSA) is 64.7 Å². The number of alkyl halides is 2.